The number of nitrogens with one attached hydrogen (secondary N) is 2. The quantitative estimate of drug-likeness (QED) is 0.709. The van der Waals surface area contributed by atoms with Crippen LogP contribution in [0.4, 0.5) is 11.4 Å². The highest BCUT2D eigenvalue weighted by atomic mass is 32.1. The molecule has 1 aliphatic rings. The van der Waals surface area contributed by atoms with Gasteiger partial charge in [-0.1, -0.05) is 12.1 Å². The van der Waals surface area contributed by atoms with Gasteiger partial charge in [0.05, 0.1) is 16.9 Å². The molecule has 0 spiro atoms. The predicted molar refractivity (Wildman–Crippen MR) is 92.6 cm³/mol. The van der Waals surface area contributed by atoms with Crippen LogP contribution in [0, 0.1) is 0 Å². The first-order valence-electron chi connectivity index (χ1n) is 7.30. The van der Waals surface area contributed by atoms with Crippen LogP contribution in [-0.2, 0) is 11.3 Å². The third kappa shape index (κ3) is 2.39. The van der Waals surface area contributed by atoms with Crippen molar-refractivity contribution in [2.45, 2.75) is 6.54 Å². The number of ether oxygens (including phenoxy) is 1. The molecule has 1 aliphatic heterocycles. The van der Waals surface area contributed by atoms with Crippen molar-refractivity contribution in [1.29, 1.82) is 0 Å². The monoisotopic (exact) mass is 340 g/mol. The Labute approximate surface area is 140 Å². The van der Waals surface area contributed by atoms with Gasteiger partial charge >= 0.3 is 0 Å². The summed E-state index contributed by atoms with van der Waals surface area (Å²) in [6, 6.07) is 8.92. The average molecular weight is 340 g/mol. The number of hydrogen-bond acceptors (Lipinski definition) is 6. The summed E-state index contributed by atoms with van der Waals surface area (Å²) in [6.07, 6.45) is 0. The maximum Gasteiger partial charge on any atom is 0.262 e. The maximum absolute atomic E-state index is 12.0. The zero-order chi connectivity index (χ0) is 16.7. The number of carbonyl (C=O) groups is 1. The first-order chi connectivity index (χ1) is 11.6. The Bertz CT molecular complexity index is 1000. The summed E-state index contributed by atoms with van der Waals surface area (Å²) in [5.74, 6) is 0.270. The third-order valence-electron chi connectivity index (χ3n) is 3.83. The van der Waals surface area contributed by atoms with Crippen LogP contribution in [0.1, 0.15) is 4.88 Å². The fourth-order valence-corrected chi connectivity index (χ4v) is 3.30. The van der Waals surface area contributed by atoms with Crippen molar-refractivity contribution in [3.8, 4) is 16.9 Å². The van der Waals surface area contributed by atoms with Gasteiger partial charge in [0.25, 0.3) is 5.91 Å². The third-order valence-corrected chi connectivity index (χ3v) is 4.71. The van der Waals surface area contributed by atoms with Gasteiger partial charge in [-0.05, 0) is 29.1 Å². The lowest BCUT2D eigenvalue weighted by molar-refractivity contribution is -0.118. The normalized spacial score (nSPS) is 13.2. The lowest BCUT2D eigenvalue weighted by Crippen LogP contribution is -2.36. The number of fused-ring (bicyclic) bond motifs is 1. The Balaban J connectivity index is 1.65. The van der Waals surface area contributed by atoms with Crippen LogP contribution in [-0.4, -0.2) is 12.5 Å². The van der Waals surface area contributed by atoms with Gasteiger partial charge < -0.3 is 15.4 Å². The molecule has 0 bridgehead atoms. The number of rotatable bonds is 4. The van der Waals surface area contributed by atoms with Crippen LogP contribution < -0.4 is 26.2 Å². The summed E-state index contributed by atoms with van der Waals surface area (Å²) >= 11 is 1.58. The van der Waals surface area contributed by atoms with E-state index in [1.165, 1.54) is 0 Å². The molecule has 2 aromatic carbocycles. The fraction of sp³-hybridized carbons (Fsp3) is 0.118. The molecule has 0 atom stereocenters. The number of thiophene rings is 1. The fourth-order valence-electron chi connectivity index (χ4n) is 2.65. The van der Waals surface area contributed by atoms with Crippen molar-refractivity contribution in [2.75, 3.05) is 17.2 Å². The number of carbonyl (C=O) groups excluding carboxylic acids is 1. The van der Waals surface area contributed by atoms with E-state index in [-0.39, 0.29) is 12.5 Å². The Morgan fingerprint density at radius 1 is 1.17 bits per heavy atom. The minimum atomic E-state index is -0.511. The Morgan fingerprint density at radius 3 is 2.83 bits per heavy atom. The van der Waals surface area contributed by atoms with Gasteiger partial charge in [0.15, 0.2) is 6.61 Å². The Kier molecular flexibility index (Phi) is 3.42. The predicted octanol–water partition coefficient (Wildman–Crippen LogP) is 1.95. The van der Waals surface area contributed by atoms with E-state index in [9.17, 15) is 14.4 Å². The topological polar surface area (TPSA) is 84.5 Å². The molecule has 120 valence electrons. The van der Waals surface area contributed by atoms with Crippen molar-refractivity contribution >= 4 is 28.6 Å². The van der Waals surface area contributed by atoms with E-state index in [1.807, 2.05) is 17.5 Å². The van der Waals surface area contributed by atoms with E-state index in [0.717, 1.165) is 4.88 Å². The van der Waals surface area contributed by atoms with Crippen LogP contribution in [0.3, 0.4) is 0 Å². The number of amides is 1. The summed E-state index contributed by atoms with van der Waals surface area (Å²) < 4.78 is 5.36. The number of benzene rings is 1. The molecule has 24 heavy (non-hydrogen) atoms. The highest BCUT2D eigenvalue weighted by Crippen LogP contribution is 2.34. The van der Waals surface area contributed by atoms with E-state index in [4.69, 9.17) is 4.74 Å². The lowest BCUT2D eigenvalue weighted by atomic mass is 9.97. The summed E-state index contributed by atoms with van der Waals surface area (Å²) in [6.45, 7) is 0.429. The van der Waals surface area contributed by atoms with Crippen LogP contribution in [0.15, 0.2) is 45.3 Å². The SMILES string of the molecule is O=C1COc2cc(-c3c(NCc4cccs4)c(=O)c3=O)ccc2N1. The average Bonchev–Trinajstić information content (AvgIpc) is 3.11. The molecule has 4 rings (SSSR count). The highest BCUT2D eigenvalue weighted by Gasteiger charge is 2.24. The summed E-state index contributed by atoms with van der Waals surface area (Å²) in [5, 5.41) is 7.69. The molecular weight excluding hydrogens is 328 g/mol. The Hall–Kier alpha value is -2.93. The smallest absolute Gasteiger partial charge is 0.262 e. The van der Waals surface area contributed by atoms with Gasteiger partial charge in [-0.15, -0.1) is 11.3 Å². The molecule has 0 radical (unpaired) electrons. The zero-order valence-corrected chi connectivity index (χ0v) is 13.2. The van der Waals surface area contributed by atoms with Crippen LogP contribution >= 0.6 is 11.3 Å². The van der Waals surface area contributed by atoms with Crippen LogP contribution in [0.5, 0.6) is 5.75 Å². The molecular formula is C17H12N2O4S. The van der Waals surface area contributed by atoms with Crippen molar-refractivity contribution in [1.82, 2.24) is 0 Å². The minimum Gasteiger partial charge on any atom is -0.482 e. The maximum atomic E-state index is 12.0. The van der Waals surface area contributed by atoms with Crippen molar-refractivity contribution in [3.05, 3.63) is 61.0 Å². The molecule has 1 amide bonds. The first kappa shape index (κ1) is 14.6. The summed E-state index contributed by atoms with van der Waals surface area (Å²) in [5.41, 5.74) is 0.829. The molecule has 0 aliphatic carbocycles. The lowest BCUT2D eigenvalue weighted by Gasteiger charge is -2.19. The van der Waals surface area contributed by atoms with E-state index < -0.39 is 10.9 Å². The van der Waals surface area contributed by atoms with E-state index in [1.54, 1.807) is 29.5 Å². The van der Waals surface area contributed by atoms with Gasteiger partial charge in [0.1, 0.15) is 5.75 Å². The van der Waals surface area contributed by atoms with Gasteiger partial charge in [-0.3, -0.25) is 14.4 Å². The van der Waals surface area contributed by atoms with Crippen molar-refractivity contribution < 1.29 is 9.53 Å². The molecule has 0 saturated heterocycles. The van der Waals surface area contributed by atoms with Crippen molar-refractivity contribution in [2.24, 2.45) is 0 Å². The Morgan fingerprint density at radius 2 is 2.04 bits per heavy atom. The summed E-state index contributed by atoms with van der Waals surface area (Å²) in [4.78, 5) is 36.3. The number of hydrogen-bond donors (Lipinski definition) is 2. The molecule has 3 aromatic rings. The largest absolute Gasteiger partial charge is 0.482 e. The molecule has 2 N–H and O–H groups in total. The van der Waals surface area contributed by atoms with Crippen LogP contribution in [0.2, 0.25) is 0 Å². The minimum absolute atomic E-state index is 0.0636. The van der Waals surface area contributed by atoms with Crippen LogP contribution in [0.25, 0.3) is 11.1 Å². The van der Waals surface area contributed by atoms with E-state index in [2.05, 4.69) is 10.6 Å². The van der Waals surface area contributed by atoms with E-state index in [0.29, 0.717) is 34.8 Å². The first-order valence-corrected chi connectivity index (χ1v) is 8.18. The van der Waals surface area contributed by atoms with Gasteiger partial charge in [-0.2, -0.15) is 0 Å². The van der Waals surface area contributed by atoms with Gasteiger partial charge in [0, 0.05) is 11.4 Å². The molecule has 0 fully saturated rings. The molecule has 7 heteroatoms. The van der Waals surface area contributed by atoms with Gasteiger partial charge in [0.2, 0.25) is 10.9 Å². The number of anilines is 2. The second kappa shape index (κ2) is 5.61. The molecule has 2 heterocycles. The van der Waals surface area contributed by atoms with E-state index >= 15 is 0 Å². The molecule has 0 unspecified atom stereocenters. The second-order valence-electron chi connectivity index (χ2n) is 5.39. The standard InChI is InChI=1S/C17H12N2O4S/c20-13-8-23-12-6-9(3-4-11(12)19-13)14-15(17(22)16(14)21)18-7-10-2-1-5-24-10/h1-6,18H,7-8H2,(H,19,20). The molecule has 6 nitrogen and oxygen atoms in total. The van der Waals surface area contributed by atoms with Crippen molar-refractivity contribution in [3.63, 3.8) is 0 Å². The molecule has 1 aromatic heterocycles. The highest BCUT2D eigenvalue weighted by molar-refractivity contribution is 7.09. The zero-order valence-electron chi connectivity index (χ0n) is 12.4. The molecule has 0 saturated carbocycles. The van der Waals surface area contributed by atoms with Gasteiger partial charge in [-0.25, -0.2) is 0 Å². The second-order valence-corrected chi connectivity index (χ2v) is 6.42. The summed E-state index contributed by atoms with van der Waals surface area (Å²) in [7, 11) is 0.